The molecule has 0 bridgehead atoms. The van der Waals surface area contributed by atoms with E-state index in [2.05, 4.69) is 6.92 Å². The SMILES string of the molecule is [CH2]c1ccccc1C(=O)OC(C)(C)C. The van der Waals surface area contributed by atoms with Gasteiger partial charge in [0.25, 0.3) is 0 Å². The molecule has 0 fully saturated rings. The molecule has 2 nitrogen and oxygen atoms in total. The van der Waals surface area contributed by atoms with Crippen molar-refractivity contribution in [3.8, 4) is 0 Å². The van der Waals surface area contributed by atoms with Gasteiger partial charge in [0.15, 0.2) is 0 Å². The summed E-state index contributed by atoms with van der Waals surface area (Å²) in [7, 11) is 0. The summed E-state index contributed by atoms with van der Waals surface area (Å²) in [5.74, 6) is -0.317. The highest BCUT2D eigenvalue weighted by Crippen LogP contribution is 2.14. The molecule has 0 aliphatic heterocycles. The van der Waals surface area contributed by atoms with Crippen LogP contribution >= 0.6 is 0 Å². The molecule has 0 aromatic heterocycles. The Bertz CT molecular complexity index is 334. The van der Waals surface area contributed by atoms with E-state index in [1.54, 1.807) is 18.2 Å². The molecule has 0 aliphatic carbocycles. The molecule has 2 heteroatoms. The number of carbonyl (C=O) groups excluding carboxylic acids is 1. The van der Waals surface area contributed by atoms with Gasteiger partial charge in [-0.1, -0.05) is 18.2 Å². The highest BCUT2D eigenvalue weighted by atomic mass is 16.6. The molecule has 0 amide bonds. The Labute approximate surface area is 84.9 Å². The smallest absolute Gasteiger partial charge is 0.338 e. The third kappa shape index (κ3) is 2.87. The van der Waals surface area contributed by atoms with Gasteiger partial charge in [-0.2, -0.15) is 0 Å². The van der Waals surface area contributed by atoms with Crippen LogP contribution in [0.5, 0.6) is 0 Å². The number of hydrogen-bond acceptors (Lipinski definition) is 2. The Balaban J connectivity index is 2.86. The third-order valence-electron chi connectivity index (χ3n) is 1.64. The van der Waals surface area contributed by atoms with Crippen molar-refractivity contribution in [2.75, 3.05) is 0 Å². The van der Waals surface area contributed by atoms with E-state index in [9.17, 15) is 4.79 Å². The highest BCUT2D eigenvalue weighted by molar-refractivity contribution is 5.91. The van der Waals surface area contributed by atoms with Crippen molar-refractivity contribution < 1.29 is 9.53 Å². The van der Waals surface area contributed by atoms with Gasteiger partial charge in [-0.25, -0.2) is 4.79 Å². The van der Waals surface area contributed by atoms with Crippen molar-refractivity contribution >= 4 is 5.97 Å². The molecule has 0 heterocycles. The first-order valence-corrected chi connectivity index (χ1v) is 4.54. The molecular formula is C12H15O2. The first-order valence-electron chi connectivity index (χ1n) is 4.54. The van der Waals surface area contributed by atoms with E-state index in [1.165, 1.54) is 0 Å². The molecule has 1 radical (unpaired) electrons. The lowest BCUT2D eigenvalue weighted by Crippen LogP contribution is -2.24. The molecule has 0 N–H and O–H groups in total. The minimum Gasteiger partial charge on any atom is -0.456 e. The van der Waals surface area contributed by atoms with Crippen LogP contribution in [-0.2, 0) is 4.74 Å². The van der Waals surface area contributed by atoms with Gasteiger partial charge in [-0.05, 0) is 39.3 Å². The summed E-state index contributed by atoms with van der Waals surface area (Å²) >= 11 is 0. The predicted octanol–water partition coefficient (Wildman–Crippen LogP) is 2.82. The Morgan fingerprint density at radius 1 is 1.29 bits per heavy atom. The zero-order valence-corrected chi connectivity index (χ0v) is 8.83. The van der Waals surface area contributed by atoms with Crippen LogP contribution < -0.4 is 0 Å². The number of esters is 1. The van der Waals surface area contributed by atoms with Crippen LogP contribution in [0.2, 0.25) is 0 Å². The summed E-state index contributed by atoms with van der Waals surface area (Å²) in [6.45, 7) is 9.30. The molecule has 0 aliphatic rings. The number of ether oxygens (including phenoxy) is 1. The first-order chi connectivity index (χ1) is 6.40. The molecule has 1 aromatic rings. The molecule has 1 rings (SSSR count). The Morgan fingerprint density at radius 2 is 1.86 bits per heavy atom. The number of hydrogen-bond donors (Lipinski definition) is 0. The van der Waals surface area contributed by atoms with Crippen molar-refractivity contribution in [2.24, 2.45) is 0 Å². The average Bonchev–Trinajstić information content (AvgIpc) is 2.01. The van der Waals surface area contributed by atoms with Crippen molar-refractivity contribution in [2.45, 2.75) is 26.4 Å². The second-order valence-corrected chi connectivity index (χ2v) is 4.16. The summed E-state index contributed by atoms with van der Waals surface area (Å²) < 4.78 is 5.23. The summed E-state index contributed by atoms with van der Waals surface area (Å²) in [6.07, 6.45) is 0. The van der Waals surface area contributed by atoms with Gasteiger partial charge in [0.05, 0.1) is 5.56 Å². The number of benzene rings is 1. The third-order valence-corrected chi connectivity index (χ3v) is 1.64. The monoisotopic (exact) mass is 191 g/mol. The minimum absolute atomic E-state index is 0.317. The van der Waals surface area contributed by atoms with E-state index in [-0.39, 0.29) is 5.97 Å². The minimum atomic E-state index is -0.459. The standard InChI is InChI=1S/C12H15O2/c1-9-7-5-6-8-10(9)11(13)14-12(2,3)4/h5-8H,1H2,2-4H3. The van der Waals surface area contributed by atoms with Gasteiger partial charge in [-0.3, -0.25) is 0 Å². The molecule has 0 atom stereocenters. The molecule has 0 saturated carbocycles. The number of rotatable bonds is 1. The predicted molar refractivity (Wildman–Crippen MR) is 56.1 cm³/mol. The van der Waals surface area contributed by atoms with Crippen molar-refractivity contribution in [1.82, 2.24) is 0 Å². The first kappa shape index (κ1) is 10.8. The van der Waals surface area contributed by atoms with Gasteiger partial charge >= 0.3 is 5.97 Å². The Morgan fingerprint density at radius 3 is 2.36 bits per heavy atom. The van der Waals surface area contributed by atoms with E-state index in [1.807, 2.05) is 26.8 Å². The summed E-state index contributed by atoms with van der Waals surface area (Å²) in [5, 5.41) is 0. The topological polar surface area (TPSA) is 26.3 Å². The zero-order valence-electron chi connectivity index (χ0n) is 8.83. The quantitative estimate of drug-likeness (QED) is 0.638. The Hall–Kier alpha value is -1.31. The van der Waals surface area contributed by atoms with E-state index >= 15 is 0 Å². The maximum absolute atomic E-state index is 11.6. The van der Waals surface area contributed by atoms with Crippen LogP contribution in [0.1, 0.15) is 36.7 Å². The van der Waals surface area contributed by atoms with Crippen LogP contribution in [0.15, 0.2) is 24.3 Å². The normalized spacial score (nSPS) is 11.1. The summed E-state index contributed by atoms with van der Waals surface area (Å²) in [4.78, 5) is 11.6. The van der Waals surface area contributed by atoms with Gasteiger partial charge in [-0.15, -0.1) is 0 Å². The zero-order chi connectivity index (χ0) is 10.8. The van der Waals surface area contributed by atoms with Crippen LogP contribution in [-0.4, -0.2) is 11.6 Å². The van der Waals surface area contributed by atoms with Crippen LogP contribution in [0.4, 0.5) is 0 Å². The fraction of sp³-hybridized carbons (Fsp3) is 0.333. The van der Waals surface area contributed by atoms with E-state index in [4.69, 9.17) is 4.74 Å². The molecule has 0 unspecified atom stereocenters. The van der Waals surface area contributed by atoms with E-state index in [0.29, 0.717) is 11.1 Å². The van der Waals surface area contributed by atoms with E-state index < -0.39 is 5.60 Å². The lowest BCUT2D eigenvalue weighted by atomic mass is 10.1. The largest absolute Gasteiger partial charge is 0.456 e. The lowest BCUT2D eigenvalue weighted by molar-refractivity contribution is 0.00691. The maximum Gasteiger partial charge on any atom is 0.338 e. The van der Waals surface area contributed by atoms with Crippen LogP contribution in [0, 0.1) is 6.92 Å². The van der Waals surface area contributed by atoms with Gasteiger partial charge in [0.1, 0.15) is 5.60 Å². The lowest BCUT2D eigenvalue weighted by Gasteiger charge is -2.19. The highest BCUT2D eigenvalue weighted by Gasteiger charge is 2.18. The molecule has 1 aromatic carbocycles. The molecule has 75 valence electrons. The van der Waals surface area contributed by atoms with Crippen molar-refractivity contribution in [3.05, 3.63) is 42.3 Å². The number of carbonyl (C=O) groups is 1. The molecular weight excluding hydrogens is 176 g/mol. The fourth-order valence-corrected chi connectivity index (χ4v) is 1.05. The van der Waals surface area contributed by atoms with Crippen LogP contribution in [0.3, 0.4) is 0 Å². The summed E-state index contributed by atoms with van der Waals surface area (Å²) in [5.41, 5.74) is 0.767. The summed E-state index contributed by atoms with van der Waals surface area (Å²) in [6, 6.07) is 7.15. The molecule has 0 spiro atoms. The molecule has 14 heavy (non-hydrogen) atoms. The second-order valence-electron chi connectivity index (χ2n) is 4.16. The molecule has 0 saturated heterocycles. The van der Waals surface area contributed by atoms with Gasteiger partial charge in [0.2, 0.25) is 0 Å². The van der Waals surface area contributed by atoms with Crippen LogP contribution in [0.25, 0.3) is 0 Å². The van der Waals surface area contributed by atoms with Gasteiger partial charge in [0, 0.05) is 0 Å². The maximum atomic E-state index is 11.6. The van der Waals surface area contributed by atoms with Crippen molar-refractivity contribution in [3.63, 3.8) is 0 Å². The average molecular weight is 191 g/mol. The Kier molecular flexibility index (Phi) is 2.94. The fourth-order valence-electron chi connectivity index (χ4n) is 1.05. The van der Waals surface area contributed by atoms with Gasteiger partial charge < -0.3 is 4.74 Å². The van der Waals surface area contributed by atoms with E-state index in [0.717, 1.165) is 0 Å². The second kappa shape index (κ2) is 3.82. The van der Waals surface area contributed by atoms with Crippen molar-refractivity contribution in [1.29, 1.82) is 0 Å².